The summed E-state index contributed by atoms with van der Waals surface area (Å²) >= 11 is 0. The smallest absolute Gasteiger partial charge is 0.224 e. The Labute approximate surface area is 148 Å². The van der Waals surface area contributed by atoms with E-state index in [1.54, 1.807) is 13.3 Å². The molecule has 0 aliphatic carbocycles. The quantitative estimate of drug-likeness (QED) is 0.683. The van der Waals surface area contributed by atoms with Crippen molar-refractivity contribution in [2.24, 2.45) is 0 Å². The molecule has 3 rings (SSSR count). The Morgan fingerprint density at radius 2 is 1.84 bits per heavy atom. The number of benzene rings is 2. The average Bonchev–Trinajstić information content (AvgIpc) is 2.65. The predicted molar refractivity (Wildman–Crippen MR) is 101 cm³/mol. The van der Waals surface area contributed by atoms with Crippen LogP contribution in [-0.2, 0) is 13.1 Å². The van der Waals surface area contributed by atoms with E-state index in [0.29, 0.717) is 12.5 Å². The molecule has 1 aromatic heterocycles. The lowest BCUT2D eigenvalue weighted by Crippen LogP contribution is -2.07. The van der Waals surface area contributed by atoms with Gasteiger partial charge in [-0.1, -0.05) is 48.0 Å². The van der Waals surface area contributed by atoms with Gasteiger partial charge >= 0.3 is 0 Å². The summed E-state index contributed by atoms with van der Waals surface area (Å²) in [4.78, 5) is 8.78. The van der Waals surface area contributed by atoms with Gasteiger partial charge in [0, 0.05) is 24.8 Å². The van der Waals surface area contributed by atoms with Gasteiger partial charge in [0.25, 0.3) is 0 Å². The van der Waals surface area contributed by atoms with E-state index in [1.807, 2.05) is 30.3 Å². The van der Waals surface area contributed by atoms with Crippen LogP contribution in [0.4, 0.5) is 11.8 Å². The highest BCUT2D eigenvalue weighted by Crippen LogP contribution is 2.18. The van der Waals surface area contributed by atoms with Crippen LogP contribution in [-0.4, -0.2) is 17.1 Å². The van der Waals surface area contributed by atoms with Gasteiger partial charge in [-0.15, -0.1) is 0 Å². The molecule has 0 unspecified atom stereocenters. The van der Waals surface area contributed by atoms with E-state index >= 15 is 0 Å². The summed E-state index contributed by atoms with van der Waals surface area (Å²) in [7, 11) is 1.67. The first-order valence-electron chi connectivity index (χ1n) is 8.23. The van der Waals surface area contributed by atoms with Gasteiger partial charge in [0.05, 0.1) is 7.11 Å². The summed E-state index contributed by atoms with van der Waals surface area (Å²) in [6.07, 6.45) is 1.75. The number of para-hydroxylation sites is 1. The lowest BCUT2D eigenvalue weighted by Gasteiger charge is -2.11. The van der Waals surface area contributed by atoms with Crippen molar-refractivity contribution in [3.8, 4) is 5.75 Å². The molecule has 0 spiro atoms. The highest BCUT2D eigenvalue weighted by atomic mass is 16.5. The van der Waals surface area contributed by atoms with Crippen molar-refractivity contribution in [1.29, 1.82) is 0 Å². The van der Waals surface area contributed by atoms with Gasteiger partial charge < -0.3 is 15.4 Å². The second-order valence-corrected chi connectivity index (χ2v) is 5.77. The Bertz CT molecular complexity index is 835. The molecule has 0 aliphatic heterocycles. The van der Waals surface area contributed by atoms with E-state index in [1.165, 1.54) is 11.1 Å². The fourth-order valence-electron chi connectivity index (χ4n) is 2.58. The molecule has 5 heteroatoms. The number of aromatic nitrogens is 2. The summed E-state index contributed by atoms with van der Waals surface area (Å²) in [5, 5.41) is 6.57. The van der Waals surface area contributed by atoms with Crippen LogP contribution in [0.15, 0.2) is 60.8 Å². The number of methoxy groups -OCH3 is 1. The molecule has 0 amide bonds. The van der Waals surface area contributed by atoms with Crippen molar-refractivity contribution >= 4 is 11.8 Å². The summed E-state index contributed by atoms with van der Waals surface area (Å²) in [6, 6.07) is 18.2. The number of nitrogens with one attached hydrogen (secondary N) is 2. The van der Waals surface area contributed by atoms with Gasteiger partial charge in [0.2, 0.25) is 5.95 Å². The van der Waals surface area contributed by atoms with E-state index in [2.05, 4.69) is 51.8 Å². The topological polar surface area (TPSA) is 59.1 Å². The van der Waals surface area contributed by atoms with Crippen LogP contribution in [0.3, 0.4) is 0 Å². The number of aryl methyl sites for hydroxylation is 1. The third kappa shape index (κ3) is 4.70. The zero-order chi connectivity index (χ0) is 17.5. The minimum absolute atomic E-state index is 0.583. The van der Waals surface area contributed by atoms with Crippen LogP contribution in [0.2, 0.25) is 0 Å². The molecule has 3 aromatic rings. The molecular weight excluding hydrogens is 312 g/mol. The molecule has 1 heterocycles. The summed E-state index contributed by atoms with van der Waals surface area (Å²) < 4.78 is 5.36. The monoisotopic (exact) mass is 334 g/mol. The van der Waals surface area contributed by atoms with Crippen LogP contribution in [0.25, 0.3) is 0 Å². The van der Waals surface area contributed by atoms with Gasteiger partial charge in [-0.05, 0) is 24.6 Å². The average molecular weight is 334 g/mol. The first-order chi connectivity index (χ1) is 12.2. The van der Waals surface area contributed by atoms with Crippen molar-refractivity contribution in [3.63, 3.8) is 0 Å². The van der Waals surface area contributed by atoms with Crippen LogP contribution in [0, 0.1) is 6.92 Å². The van der Waals surface area contributed by atoms with Gasteiger partial charge in [0.15, 0.2) is 0 Å². The fourth-order valence-corrected chi connectivity index (χ4v) is 2.58. The fraction of sp³-hybridized carbons (Fsp3) is 0.200. The highest BCUT2D eigenvalue weighted by molar-refractivity contribution is 5.42. The maximum atomic E-state index is 5.36. The number of hydrogen-bond acceptors (Lipinski definition) is 5. The minimum Gasteiger partial charge on any atom is -0.496 e. The van der Waals surface area contributed by atoms with E-state index < -0.39 is 0 Å². The summed E-state index contributed by atoms with van der Waals surface area (Å²) in [5.74, 6) is 2.22. The molecule has 2 N–H and O–H groups in total. The Morgan fingerprint density at radius 3 is 2.68 bits per heavy atom. The van der Waals surface area contributed by atoms with Gasteiger partial charge in [-0.2, -0.15) is 4.98 Å². The van der Waals surface area contributed by atoms with Crippen LogP contribution < -0.4 is 15.4 Å². The van der Waals surface area contributed by atoms with Crippen molar-refractivity contribution in [1.82, 2.24) is 9.97 Å². The SMILES string of the molecule is COc1ccccc1CNc1nccc(NCc2cccc(C)c2)n1. The third-order valence-corrected chi connectivity index (χ3v) is 3.84. The number of anilines is 2. The van der Waals surface area contributed by atoms with Crippen molar-refractivity contribution in [2.45, 2.75) is 20.0 Å². The Morgan fingerprint density at radius 1 is 0.960 bits per heavy atom. The first kappa shape index (κ1) is 16.8. The molecule has 0 aliphatic rings. The van der Waals surface area contributed by atoms with Crippen LogP contribution in [0.1, 0.15) is 16.7 Å². The normalized spacial score (nSPS) is 10.3. The zero-order valence-corrected chi connectivity index (χ0v) is 14.5. The van der Waals surface area contributed by atoms with Gasteiger partial charge in [-0.25, -0.2) is 4.98 Å². The van der Waals surface area contributed by atoms with Gasteiger partial charge in [-0.3, -0.25) is 0 Å². The van der Waals surface area contributed by atoms with E-state index in [4.69, 9.17) is 4.74 Å². The standard InChI is InChI=1S/C20H22N4O/c1-15-6-5-7-16(12-15)13-22-19-10-11-21-20(24-19)23-14-17-8-3-4-9-18(17)25-2/h3-12H,13-14H2,1-2H3,(H2,21,22,23,24). The van der Waals surface area contributed by atoms with Gasteiger partial charge in [0.1, 0.15) is 11.6 Å². The molecule has 0 radical (unpaired) electrons. The predicted octanol–water partition coefficient (Wildman–Crippen LogP) is 4.02. The number of ether oxygens (including phenoxy) is 1. The van der Waals surface area contributed by atoms with E-state index in [0.717, 1.165) is 23.7 Å². The summed E-state index contributed by atoms with van der Waals surface area (Å²) in [5.41, 5.74) is 3.54. The number of rotatable bonds is 7. The largest absolute Gasteiger partial charge is 0.496 e. The first-order valence-corrected chi connectivity index (χ1v) is 8.23. The molecule has 0 bridgehead atoms. The second kappa shape index (κ2) is 8.15. The third-order valence-electron chi connectivity index (χ3n) is 3.84. The van der Waals surface area contributed by atoms with Crippen molar-refractivity contribution in [2.75, 3.05) is 17.7 Å². The maximum absolute atomic E-state index is 5.36. The van der Waals surface area contributed by atoms with Crippen LogP contribution >= 0.6 is 0 Å². The Kier molecular flexibility index (Phi) is 5.46. The Hall–Kier alpha value is -3.08. The highest BCUT2D eigenvalue weighted by Gasteiger charge is 2.04. The molecule has 5 nitrogen and oxygen atoms in total. The zero-order valence-electron chi connectivity index (χ0n) is 14.5. The maximum Gasteiger partial charge on any atom is 0.224 e. The molecule has 128 valence electrons. The molecule has 25 heavy (non-hydrogen) atoms. The van der Waals surface area contributed by atoms with E-state index in [9.17, 15) is 0 Å². The Balaban J connectivity index is 1.61. The summed E-state index contributed by atoms with van der Waals surface area (Å²) in [6.45, 7) is 3.42. The van der Waals surface area contributed by atoms with Crippen molar-refractivity contribution in [3.05, 3.63) is 77.5 Å². The van der Waals surface area contributed by atoms with E-state index in [-0.39, 0.29) is 0 Å². The number of nitrogens with zero attached hydrogens (tertiary/aromatic N) is 2. The van der Waals surface area contributed by atoms with Crippen LogP contribution in [0.5, 0.6) is 5.75 Å². The lowest BCUT2D eigenvalue weighted by atomic mass is 10.1. The second-order valence-electron chi connectivity index (χ2n) is 5.77. The molecule has 2 aromatic carbocycles. The molecule has 0 saturated carbocycles. The number of hydrogen-bond donors (Lipinski definition) is 2. The molecule has 0 atom stereocenters. The lowest BCUT2D eigenvalue weighted by molar-refractivity contribution is 0.410. The molecule has 0 fully saturated rings. The minimum atomic E-state index is 0.583. The van der Waals surface area contributed by atoms with Crippen molar-refractivity contribution < 1.29 is 4.74 Å². The molecule has 0 saturated heterocycles. The molecular formula is C20H22N4O.